The maximum absolute atomic E-state index is 10.7. The molecular formula is C16H15N3O5P+. The van der Waals surface area contributed by atoms with Crippen molar-refractivity contribution in [3.05, 3.63) is 42.7 Å². The van der Waals surface area contributed by atoms with E-state index >= 15 is 0 Å². The maximum atomic E-state index is 10.7. The van der Waals surface area contributed by atoms with E-state index in [4.69, 9.17) is 18.9 Å². The van der Waals surface area contributed by atoms with Gasteiger partial charge in [0.15, 0.2) is 17.2 Å². The van der Waals surface area contributed by atoms with Crippen molar-refractivity contribution in [3.63, 3.8) is 0 Å². The van der Waals surface area contributed by atoms with Gasteiger partial charge in [0.25, 0.3) is 0 Å². The van der Waals surface area contributed by atoms with Crippen molar-refractivity contribution in [2.45, 2.75) is 0 Å². The summed E-state index contributed by atoms with van der Waals surface area (Å²) in [5, 5.41) is 3.94. The monoisotopic (exact) mass is 360 g/mol. The molecule has 3 rings (SSSR count). The molecule has 2 N–H and O–H groups in total. The molecule has 2 aromatic carbocycles. The van der Waals surface area contributed by atoms with E-state index in [9.17, 15) is 4.57 Å². The van der Waals surface area contributed by atoms with Gasteiger partial charge in [-0.15, -0.1) is 4.89 Å². The van der Waals surface area contributed by atoms with Crippen LogP contribution in [-0.2, 0) is 4.57 Å². The smallest absolute Gasteiger partial charge is 0.493 e. The Morgan fingerprint density at radius 1 is 1.04 bits per heavy atom. The Morgan fingerprint density at radius 2 is 1.72 bits per heavy atom. The number of ether oxygens (including phenoxy) is 2. The third kappa shape index (κ3) is 3.76. The summed E-state index contributed by atoms with van der Waals surface area (Å²) < 4.78 is 26.0. The first-order valence-electron chi connectivity index (χ1n) is 7.18. The van der Waals surface area contributed by atoms with Crippen molar-refractivity contribution in [3.8, 4) is 17.2 Å². The van der Waals surface area contributed by atoms with Gasteiger partial charge in [-0.3, -0.25) is 0 Å². The van der Waals surface area contributed by atoms with Crippen molar-refractivity contribution in [1.82, 2.24) is 9.97 Å². The molecule has 0 fully saturated rings. The van der Waals surface area contributed by atoms with Crippen LogP contribution in [0.5, 0.6) is 17.2 Å². The van der Waals surface area contributed by atoms with E-state index in [0.29, 0.717) is 28.6 Å². The van der Waals surface area contributed by atoms with Crippen molar-refractivity contribution in [1.29, 1.82) is 0 Å². The minimum absolute atomic E-state index is 0.299. The van der Waals surface area contributed by atoms with E-state index < -0.39 is 8.25 Å². The molecule has 0 bridgehead atoms. The van der Waals surface area contributed by atoms with Crippen LogP contribution in [0.4, 0.5) is 11.5 Å². The second-order valence-corrected chi connectivity index (χ2v) is 5.58. The zero-order chi connectivity index (χ0) is 17.8. The van der Waals surface area contributed by atoms with Crippen LogP contribution in [0.2, 0.25) is 0 Å². The molecule has 0 amide bonds. The highest BCUT2D eigenvalue weighted by atomic mass is 31.1. The van der Waals surface area contributed by atoms with Gasteiger partial charge in [-0.05, 0) is 30.3 Å². The SMILES string of the molecule is COc1cc2ncnc(Nc3ccc(O[P+](=O)O)cc3)c2cc1OC. The largest absolute Gasteiger partial charge is 0.747 e. The lowest BCUT2D eigenvalue weighted by Gasteiger charge is -2.12. The fourth-order valence-electron chi connectivity index (χ4n) is 2.31. The molecule has 0 aliphatic rings. The van der Waals surface area contributed by atoms with Crippen LogP contribution >= 0.6 is 8.25 Å². The fourth-order valence-corrected chi connectivity index (χ4v) is 2.61. The Kier molecular flexibility index (Phi) is 4.92. The second-order valence-electron chi connectivity index (χ2n) is 4.93. The number of rotatable bonds is 6. The summed E-state index contributed by atoms with van der Waals surface area (Å²) in [5.74, 6) is 2.04. The maximum Gasteiger partial charge on any atom is 0.747 e. The van der Waals surface area contributed by atoms with Crippen molar-refractivity contribution >= 4 is 30.7 Å². The number of benzene rings is 2. The first-order valence-corrected chi connectivity index (χ1v) is 8.31. The lowest BCUT2D eigenvalue weighted by Crippen LogP contribution is -1.98. The fraction of sp³-hybridized carbons (Fsp3) is 0.125. The molecule has 9 heteroatoms. The summed E-state index contributed by atoms with van der Waals surface area (Å²) in [6.45, 7) is 0. The molecule has 1 aromatic heterocycles. The van der Waals surface area contributed by atoms with Gasteiger partial charge in [0.2, 0.25) is 0 Å². The van der Waals surface area contributed by atoms with Crippen LogP contribution in [0, 0.1) is 0 Å². The Balaban J connectivity index is 1.94. The van der Waals surface area contributed by atoms with Gasteiger partial charge in [-0.1, -0.05) is 0 Å². The van der Waals surface area contributed by atoms with Crippen molar-refractivity contribution in [2.24, 2.45) is 0 Å². The Morgan fingerprint density at radius 3 is 2.36 bits per heavy atom. The quantitative estimate of drug-likeness (QED) is 0.645. The molecule has 3 aromatic rings. The summed E-state index contributed by atoms with van der Waals surface area (Å²) in [5.41, 5.74) is 1.43. The lowest BCUT2D eigenvalue weighted by atomic mass is 10.2. The third-order valence-electron chi connectivity index (χ3n) is 3.44. The third-order valence-corrected chi connectivity index (χ3v) is 3.81. The van der Waals surface area contributed by atoms with E-state index in [1.165, 1.54) is 6.33 Å². The van der Waals surface area contributed by atoms with Crippen LogP contribution in [-0.4, -0.2) is 29.1 Å². The van der Waals surface area contributed by atoms with E-state index in [2.05, 4.69) is 15.3 Å². The van der Waals surface area contributed by atoms with Gasteiger partial charge in [-0.25, -0.2) is 14.5 Å². The molecular weight excluding hydrogens is 345 g/mol. The molecule has 0 spiro atoms. The molecule has 128 valence electrons. The molecule has 0 saturated carbocycles. The molecule has 8 nitrogen and oxygen atoms in total. The van der Waals surface area contributed by atoms with Crippen molar-refractivity contribution in [2.75, 3.05) is 19.5 Å². The van der Waals surface area contributed by atoms with E-state index in [1.54, 1.807) is 50.6 Å². The molecule has 0 saturated heterocycles. The summed E-state index contributed by atoms with van der Waals surface area (Å²) in [6.07, 6.45) is 1.45. The van der Waals surface area contributed by atoms with Gasteiger partial charge >= 0.3 is 8.25 Å². The van der Waals surface area contributed by atoms with Gasteiger partial charge < -0.3 is 14.8 Å². The highest BCUT2D eigenvalue weighted by molar-refractivity contribution is 7.32. The molecule has 0 aliphatic heterocycles. The number of aromatic nitrogens is 2. The van der Waals surface area contributed by atoms with E-state index in [0.717, 1.165) is 11.1 Å². The molecule has 0 aliphatic carbocycles. The average molecular weight is 360 g/mol. The lowest BCUT2D eigenvalue weighted by molar-refractivity contribution is 0.356. The number of fused-ring (bicyclic) bond motifs is 1. The number of hydrogen-bond donors (Lipinski definition) is 2. The number of nitrogens with zero attached hydrogens (tertiary/aromatic N) is 2. The average Bonchev–Trinajstić information content (AvgIpc) is 2.62. The summed E-state index contributed by atoms with van der Waals surface area (Å²) >= 11 is 0. The predicted octanol–water partition coefficient (Wildman–Crippen LogP) is 3.42. The molecule has 0 radical (unpaired) electrons. The van der Waals surface area contributed by atoms with Crippen LogP contribution in [0.1, 0.15) is 0 Å². The zero-order valence-corrected chi connectivity index (χ0v) is 14.4. The van der Waals surface area contributed by atoms with Crippen LogP contribution < -0.4 is 19.3 Å². The first-order chi connectivity index (χ1) is 12.1. The molecule has 1 atom stereocenters. The summed E-state index contributed by atoms with van der Waals surface area (Å²) in [6, 6.07) is 10.2. The normalized spacial score (nSPS) is 11.1. The van der Waals surface area contributed by atoms with Gasteiger partial charge in [0.1, 0.15) is 12.1 Å². The number of nitrogens with one attached hydrogen (secondary N) is 1. The van der Waals surface area contributed by atoms with Crippen LogP contribution in [0.3, 0.4) is 0 Å². The van der Waals surface area contributed by atoms with E-state index in [1.807, 2.05) is 0 Å². The standard InChI is InChI=1S/C16H14N3O5P/c1-22-14-7-12-13(8-15(14)23-2)17-9-18-16(12)19-10-3-5-11(6-4-10)24-25(20)21/h3-9H,1-2H3,(H-,17,18,19,20,21)/p+1. The van der Waals surface area contributed by atoms with Crippen LogP contribution in [0.25, 0.3) is 10.9 Å². The predicted molar refractivity (Wildman–Crippen MR) is 92.8 cm³/mol. The van der Waals surface area contributed by atoms with Crippen molar-refractivity contribution < 1.29 is 23.5 Å². The minimum atomic E-state index is -2.69. The molecule has 1 heterocycles. The highest BCUT2D eigenvalue weighted by Crippen LogP contribution is 2.34. The summed E-state index contributed by atoms with van der Waals surface area (Å²) in [7, 11) is 0.439. The van der Waals surface area contributed by atoms with Crippen LogP contribution in [0.15, 0.2) is 42.7 Å². The zero-order valence-electron chi connectivity index (χ0n) is 13.5. The number of anilines is 2. The van der Waals surface area contributed by atoms with Gasteiger partial charge in [-0.2, -0.15) is 0 Å². The first kappa shape index (κ1) is 16.9. The highest BCUT2D eigenvalue weighted by Gasteiger charge is 2.14. The Labute approximate surface area is 144 Å². The molecule has 1 unspecified atom stereocenters. The second kappa shape index (κ2) is 7.29. The topological polar surface area (TPSA) is 103 Å². The summed E-state index contributed by atoms with van der Waals surface area (Å²) in [4.78, 5) is 17.3. The minimum Gasteiger partial charge on any atom is -0.493 e. The number of methoxy groups -OCH3 is 2. The number of hydrogen-bond acceptors (Lipinski definition) is 7. The van der Waals surface area contributed by atoms with E-state index in [-0.39, 0.29) is 0 Å². The Hall–Kier alpha value is -2.96. The molecule has 25 heavy (non-hydrogen) atoms. The van der Waals surface area contributed by atoms with Gasteiger partial charge in [0.05, 0.1) is 19.7 Å². The Bertz CT molecular complexity index is 918. The van der Waals surface area contributed by atoms with Gasteiger partial charge in [0, 0.05) is 21.7 Å².